The number of aliphatic carboxylic acids is 1. The molecule has 1 atom stereocenters. The first kappa shape index (κ1) is 14.3. The van der Waals surface area contributed by atoms with Crippen molar-refractivity contribution in [3.8, 4) is 5.75 Å². The molecule has 1 aliphatic heterocycles. The molecule has 1 unspecified atom stereocenters. The number of halogens is 1. The fourth-order valence-electron chi connectivity index (χ4n) is 2.15. The lowest BCUT2D eigenvalue weighted by Crippen LogP contribution is -2.50. The van der Waals surface area contributed by atoms with Crippen molar-refractivity contribution in [2.75, 3.05) is 20.2 Å². The van der Waals surface area contributed by atoms with Gasteiger partial charge in [-0.1, -0.05) is 0 Å². The number of benzene rings is 1. The van der Waals surface area contributed by atoms with E-state index in [0.29, 0.717) is 5.75 Å². The van der Waals surface area contributed by atoms with Crippen molar-refractivity contribution in [2.45, 2.75) is 12.0 Å². The third kappa shape index (κ3) is 2.44. The maximum atomic E-state index is 13.8. The summed E-state index contributed by atoms with van der Waals surface area (Å²) in [7, 11) is 1.40. The second kappa shape index (κ2) is 5.09. The Morgan fingerprint density at radius 3 is 2.70 bits per heavy atom. The monoisotopic (exact) mass is 282 g/mol. The smallest absolute Gasteiger partial charge is 0.325 e. The summed E-state index contributed by atoms with van der Waals surface area (Å²) in [6.45, 7) is 0.0553. The van der Waals surface area contributed by atoms with Crippen LogP contribution in [-0.4, -0.2) is 47.6 Å². The van der Waals surface area contributed by atoms with Crippen molar-refractivity contribution in [1.82, 2.24) is 4.90 Å². The fourth-order valence-corrected chi connectivity index (χ4v) is 2.15. The third-order valence-corrected chi connectivity index (χ3v) is 3.42. The van der Waals surface area contributed by atoms with Gasteiger partial charge in [-0.3, -0.25) is 9.59 Å². The van der Waals surface area contributed by atoms with E-state index < -0.39 is 23.2 Å². The fraction of sp³-hybridized carbons (Fsp3) is 0.385. The van der Waals surface area contributed by atoms with E-state index >= 15 is 0 Å². The maximum absolute atomic E-state index is 13.8. The van der Waals surface area contributed by atoms with Crippen LogP contribution in [0.15, 0.2) is 18.2 Å². The lowest BCUT2D eigenvalue weighted by molar-refractivity contribution is -0.142. The minimum atomic E-state index is -1.46. The number of hydrogen-bond donors (Lipinski definition) is 2. The number of carbonyl (C=O) groups excluding carboxylic acids is 1. The lowest BCUT2D eigenvalue weighted by atomic mass is 10.0. The highest BCUT2D eigenvalue weighted by Crippen LogP contribution is 2.23. The molecule has 7 heteroatoms. The molecular weight excluding hydrogens is 267 g/mol. The lowest BCUT2D eigenvalue weighted by Gasteiger charge is -2.20. The number of methoxy groups -OCH3 is 1. The van der Waals surface area contributed by atoms with E-state index in [4.69, 9.17) is 15.6 Å². The minimum Gasteiger partial charge on any atom is -0.497 e. The quantitative estimate of drug-likeness (QED) is 0.840. The third-order valence-electron chi connectivity index (χ3n) is 3.42. The maximum Gasteiger partial charge on any atom is 0.325 e. The van der Waals surface area contributed by atoms with Gasteiger partial charge in [0.15, 0.2) is 0 Å². The number of nitrogens with two attached hydrogens (primary N) is 1. The second-order valence-electron chi connectivity index (χ2n) is 4.78. The Labute approximate surface area is 114 Å². The van der Waals surface area contributed by atoms with Crippen molar-refractivity contribution >= 4 is 11.9 Å². The molecule has 108 valence electrons. The number of amides is 1. The van der Waals surface area contributed by atoms with Gasteiger partial charge in [-0.05, 0) is 18.6 Å². The van der Waals surface area contributed by atoms with Gasteiger partial charge in [-0.25, -0.2) is 4.39 Å². The van der Waals surface area contributed by atoms with Crippen molar-refractivity contribution < 1.29 is 23.8 Å². The molecule has 6 nitrogen and oxygen atoms in total. The highest BCUT2D eigenvalue weighted by molar-refractivity contribution is 5.95. The van der Waals surface area contributed by atoms with Crippen LogP contribution >= 0.6 is 0 Å². The van der Waals surface area contributed by atoms with E-state index in [1.54, 1.807) is 0 Å². The standard InChI is InChI=1S/C13H15FN2O4/c1-20-8-2-3-9(10(14)6-8)11(17)16-5-4-13(15,7-16)12(18)19/h2-3,6H,4-5,7,15H2,1H3,(H,18,19). The van der Waals surface area contributed by atoms with Crippen LogP contribution in [0.3, 0.4) is 0 Å². The molecule has 3 N–H and O–H groups in total. The molecule has 2 rings (SSSR count). The van der Waals surface area contributed by atoms with E-state index in [1.807, 2.05) is 0 Å². The van der Waals surface area contributed by atoms with Crippen molar-refractivity contribution in [3.05, 3.63) is 29.6 Å². The average Bonchev–Trinajstić information content (AvgIpc) is 2.82. The Morgan fingerprint density at radius 1 is 1.50 bits per heavy atom. The van der Waals surface area contributed by atoms with Crippen LogP contribution in [0.5, 0.6) is 5.75 Å². The molecule has 0 saturated carbocycles. The molecule has 1 fully saturated rings. The molecule has 1 heterocycles. The molecule has 1 aromatic rings. The Kier molecular flexibility index (Phi) is 3.63. The van der Waals surface area contributed by atoms with Crippen molar-refractivity contribution in [1.29, 1.82) is 0 Å². The van der Waals surface area contributed by atoms with Gasteiger partial charge in [0.05, 0.1) is 12.7 Å². The van der Waals surface area contributed by atoms with Gasteiger partial charge in [0.2, 0.25) is 0 Å². The van der Waals surface area contributed by atoms with Gasteiger partial charge in [0.25, 0.3) is 5.91 Å². The van der Waals surface area contributed by atoms with Gasteiger partial charge < -0.3 is 20.5 Å². The van der Waals surface area contributed by atoms with Gasteiger partial charge >= 0.3 is 5.97 Å². The minimum absolute atomic E-state index is 0.125. The van der Waals surface area contributed by atoms with Gasteiger partial charge in [-0.15, -0.1) is 0 Å². The number of ether oxygens (including phenoxy) is 1. The summed E-state index contributed by atoms with van der Waals surface area (Å²) in [5.74, 6) is -2.14. The molecule has 0 aliphatic carbocycles. The van der Waals surface area contributed by atoms with Crippen LogP contribution in [0.2, 0.25) is 0 Å². The molecule has 0 aromatic heterocycles. The summed E-state index contributed by atoms with van der Waals surface area (Å²) in [6, 6.07) is 3.89. The van der Waals surface area contributed by atoms with Crippen LogP contribution in [0.25, 0.3) is 0 Å². The van der Waals surface area contributed by atoms with Crippen molar-refractivity contribution in [3.63, 3.8) is 0 Å². The van der Waals surface area contributed by atoms with Gasteiger partial charge in [0, 0.05) is 19.2 Å². The zero-order valence-corrected chi connectivity index (χ0v) is 10.9. The molecule has 0 spiro atoms. The van der Waals surface area contributed by atoms with Crippen LogP contribution < -0.4 is 10.5 Å². The Hall–Kier alpha value is -2.15. The van der Waals surface area contributed by atoms with E-state index in [1.165, 1.54) is 24.1 Å². The molecule has 20 heavy (non-hydrogen) atoms. The largest absolute Gasteiger partial charge is 0.497 e. The molecule has 0 bridgehead atoms. The Morgan fingerprint density at radius 2 is 2.20 bits per heavy atom. The van der Waals surface area contributed by atoms with Crippen LogP contribution in [0, 0.1) is 5.82 Å². The van der Waals surface area contributed by atoms with E-state index in [9.17, 15) is 14.0 Å². The Bertz CT molecular complexity index is 563. The zero-order chi connectivity index (χ0) is 14.9. The SMILES string of the molecule is COc1ccc(C(=O)N2CCC(N)(C(=O)O)C2)c(F)c1. The van der Waals surface area contributed by atoms with Crippen LogP contribution in [0.1, 0.15) is 16.8 Å². The number of likely N-dealkylation sites (tertiary alicyclic amines) is 1. The highest BCUT2D eigenvalue weighted by atomic mass is 19.1. The highest BCUT2D eigenvalue weighted by Gasteiger charge is 2.43. The molecule has 1 aliphatic rings. The summed E-state index contributed by atoms with van der Waals surface area (Å²) < 4.78 is 18.7. The zero-order valence-electron chi connectivity index (χ0n) is 10.9. The van der Waals surface area contributed by atoms with E-state index in [2.05, 4.69) is 0 Å². The molecule has 1 saturated heterocycles. The average molecular weight is 282 g/mol. The summed E-state index contributed by atoms with van der Waals surface area (Å²) >= 11 is 0. The second-order valence-corrected chi connectivity index (χ2v) is 4.78. The first-order valence-electron chi connectivity index (χ1n) is 6.02. The number of hydrogen-bond acceptors (Lipinski definition) is 4. The molecule has 0 radical (unpaired) electrons. The number of carboxylic acids is 1. The normalized spacial score (nSPS) is 21.9. The molecule has 1 aromatic carbocycles. The number of carboxylic acid groups (broad SMARTS) is 1. The predicted octanol–water partition coefficient (Wildman–Crippen LogP) is 0.462. The van der Waals surface area contributed by atoms with Crippen LogP contribution in [-0.2, 0) is 4.79 Å². The Balaban J connectivity index is 2.19. The van der Waals surface area contributed by atoms with Gasteiger partial charge in [0.1, 0.15) is 17.1 Å². The number of nitrogens with zero attached hydrogens (tertiary/aromatic N) is 1. The number of rotatable bonds is 3. The van der Waals surface area contributed by atoms with Crippen LogP contribution in [0.4, 0.5) is 4.39 Å². The van der Waals surface area contributed by atoms with E-state index in [0.717, 1.165) is 6.07 Å². The first-order valence-corrected chi connectivity index (χ1v) is 6.02. The topological polar surface area (TPSA) is 92.9 Å². The molecular formula is C13H15FN2O4. The summed E-state index contributed by atoms with van der Waals surface area (Å²) in [4.78, 5) is 24.4. The summed E-state index contributed by atoms with van der Waals surface area (Å²) in [5, 5.41) is 9.01. The molecule has 1 amide bonds. The summed E-state index contributed by atoms with van der Waals surface area (Å²) in [5.41, 5.74) is 4.10. The predicted molar refractivity (Wildman–Crippen MR) is 68.0 cm³/mol. The number of carbonyl (C=O) groups is 2. The van der Waals surface area contributed by atoms with Crippen molar-refractivity contribution in [2.24, 2.45) is 5.73 Å². The first-order chi connectivity index (χ1) is 9.37. The van der Waals surface area contributed by atoms with Gasteiger partial charge in [-0.2, -0.15) is 0 Å². The van der Waals surface area contributed by atoms with E-state index in [-0.39, 0.29) is 25.1 Å². The summed E-state index contributed by atoms with van der Waals surface area (Å²) in [6.07, 6.45) is 0.145.